The number of hydrogen-bond acceptors (Lipinski definition) is 1. The number of benzene rings is 1. The predicted octanol–water partition coefficient (Wildman–Crippen LogP) is 3.26. The third kappa shape index (κ3) is 1.69. The monoisotopic (exact) mass is 207 g/mol. The van der Waals surface area contributed by atoms with Crippen molar-refractivity contribution in [2.75, 3.05) is 0 Å². The lowest BCUT2D eigenvalue weighted by Crippen LogP contribution is -2.09. The first kappa shape index (κ1) is 9.72. The molecule has 1 saturated carbocycles. The maximum Gasteiger partial charge on any atom is 0.136 e. The van der Waals surface area contributed by atoms with Gasteiger partial charge in [-0.2, -0.15) is 0 Å². The topological polar surface area (TPSA) is 17.1 Å². The van der Waals surface area contributed by atoms with Gasteiger partial charge >= 0.3 is 0 Å². The normalized spacial score (nSPS) is 23.0. The quantitative estimate of drug-likeness (QED) is 0.691. The number of rotatable bonds is 1. The van der Waals surface area contributed by atoms with Crippen LogP contribution < -0.4 is 0 Å². The van der Waals surface area contributed by atoms with Crippen LogP contribution in [0.15, 0.2) is 24.3 Å². The highest BCUT2D eigenvalue weighted by Gasteiger charge is 2.32. The third-order valence-corrected chi connectivity index (χ3v) is 3.11. The Labute approximate surface area is 89.1 Å². The standard InChI is InChI=1S/C12H12ClO/c1-8-11(6-7-12(8)14)9-2-4-10(13)5-3-9/h2-5,8H,6-7H2,1H3. The maximum atomic E-state index is 11.4. The summed E-state index contributed by atoms with van der Waals surface area (Å²) in [6, 6.07) is 7.73. The molecular weight excluding hydrogens is 196 g/mol. The summed E-state index contributed by atoms with van der Waals surface area (Å²) in [6.07, 6.45) is 1.60. The Hall–Kier alpha value is -0.820. The second kappa shape index (κ2) is 3.74. The van der Waals surface area contributed by atoms with E-state index in [2.05, 4.69) is 0 Å². The smallest absolute Gasteiger partial charge is 0.136 e. The minimum atomic E-state index is 0.0937. The van der Waals surface area contributed by atoms with Gasteiger partial charge in [-0.3, -0.25) is 4.79 Å². The van der Waals surface area contributed by atoms with Crippen molar-refractivity contribution in [2.24, 2.45) is 5.92 Å². The van der Waals surface area contributed by atoms with Crippen LogP contribution in [0.3, 0.4) is 0 Å². The van der Waals surface area contributed by atoms with Gasteiger partial charge < -0.3 is 0 Å². The van der Waals surface area contributed by atoms with Crippen LogP contribution in [0.25, 0.3) is 0 Å². The number of carbonyl (C=O) groups is 1. The van der Waals surface area contributed by atoms with Gasteiger partial charge in [-0.15, -0.1) is 0 Å². The summed E-state index contributed by atoms with van der Waals surface area (Å²) >= 11 is 5.81. The van der Waals surface area contributed by atoms with E-state index in [1.165, 1.54) is 5.92 Å². The van der Waals surface area contributed by atoms with Gasteiger partial charge in [-0.05, 0) is 24.1 Å². The zero-order valence-electron chi connectivity index (χ0n) is 8.09. The van der Waals surface area contributed by atoms with Gasteiger partial charge in [0.2, 0.25) is 0 Å². The van der Waals surface area contributed by atoms with E-state index in [1.807, 2.05) is 31.2 Å². The molecule has 1 nitrogen and oxygen atoms in total. The van der Waals surface area contributed by atoms with E-state index in [-0.39, 0.29) is 5.92 Å². The molecule has 0 aliphatic heterocycles. The largest absolute Gasteiger partial charge is 0.299 e. The highest BCUT2D eigenvalue weighted by molar-refractivity contribution is 6.30. The second-order valence-corrected chi connectivity index (χ2v) is 4.16. The SMILES string of the molecule is CC1[C](c2ccc(Cl)cc2)CCC1=O. The number of hydrogen-bond donors (Lipinski definition) is 0. The summed E-state index contributed by atoms with van der Waals surface area (Å²) < 4.78 is 0. The van der Waals surface area contributed by atoms with Gasteiger partial charge in [0, 0.05) is 23.3 Å². The van der Waals surface area contributed by atoms with Gasteiger partial charge in [-0.25, -0.2) is 0 Å². The first-order chi connectivity index (χ1) is 6.68. The van der Waals surface area contributed by atoms with E-state index in [9.17, 15) is 4.79 Å². The zero-order chi connectivity index (χ0) is 10.1. The molecule has 1 aliphatic rings. The zero-order valence-corrected chi connectivity index (χ0v) is 8.84. The second-order valence-electron chi connectivity index (χ2n) is 3.72. The van der Waals surface area contributed by atoms with Crippen LogP contribution in [0.5, 0.6) is 0 Å². The molecule has 0 saturated heterocycles. The molecule has 1 aliphatic carbocycles. The van der Waals surface area contributed by atoms with Gasteiger partial charge in [-0.1, -0.05) is 30.7 Å². The average Bonchev–Trinajstić information content (AvgIpc) is 2.50. The lowest BCUT2D eigenvalue weighted by Gasteiger charge is -2.13. The van der Waals surface area contributed by atoms with Crippen LogP contribution in [0.2, 0.25) is 5.02 Å². The summed E-state index contributed by atoms with van der Waals surface area (Å²) in [4.78, 5) is 11.4. The summed E-state index contributed by atoms with van der Waals surface area (Å²) in [5.41, 5.74) is 1.16. The molecular formula is C12H12ClO. The summed E-state index contributed by atoms with van der Waals surface area (Å²) in [5.74, 6) is 1.71. The van der Waals surface area contributed by atoms with Crippen LogP contribution in [-0.4, -0.2) is 5.78 Å². The summed E-state index contributed by atoms with van der Waals surface area (Å²) in [6.45, 7) is 1.99. The fraction of sp³-hybridized carbons (Fsp3) is 0.333. The van der Waals surface area contributed by atoms with Crippen molar-refractivity contribution in [3.63, 3.8) is 0 Å². The van der Waals surface area contributed by atoms with E-state index in [1.54, 1.807) is 0 Å². The Morgan fingerprint density at radius 2 is 1.86 bits per heavy atom. The fourth-order valence-corrected chi connectivity index (χ4v) is 2.07. The molecule has 0 amide bonds. The molecule has 1 aromatic carbocycles. The van der Waals surface area contributed by atoms with Crippen LogP contribution >= 0.6 is 11.6 Å². The highest BCUT2D eigenvalue weighted by Crippen LogP contribution is 2.36. The van der Waals surface area contributed by atoms with Crippen LogP contribution in [0.4, 0.5) is 0 Å². The third-order valence-electron chi connectivity index (χ3n) is 2.86. The van der Waals surface area contributed by atoms with E-state index >= 15 is 0 Å². The van der Waals surface area contributed by atoms with E-state index in [0.717, 1.165) is 17.0 Å². The van der Waals surface area contributed by atoms with Crippen molar-refractivity contribution < 1.29 is 4.79 Å². The molecule has 1 aromatic rings. The van der Waals surface area contributed by atoms with Crippen molar-refractivity contribution in [1.29, 1.82) is 0 Å². The Morgan fingerprint density at radius 1 is 1.21 bits per heavy atom. The molecule has 14 heavy (non-hydrogen) atoms. The summed E-state index contributed by atoms with van der Waals surface area (Å²) in [5, 5.41) is 0.742. The van der Waals surface area contributed by atoms with Crippen molar-refractivity contribution in [3.05, 3.63) is 40.8 Å². The number of halogens is 1. The molecule has 1 unspecified atom stereocenters. The van der Waals surface area contributed by atoms with E-state index in [4.69, 9.17) is 11.6 Å². The molecule has 2 rings (SSSR count). The lowest BCUT2D eigenvalue weighted by molar-refractivity contribution is -0.119. The molecule has 0 heterocycles. The van der Waals surface area contributed by atoms with E-state index < -0.39 is 0 Å². The van der Waals surface area contributed by atoms with Crippen LogP contribution in [-0.2, 0) is 4.79 Å². The minimum Gasteiger partial charge on any atom is -0.299 e. The van der Waals surface area contributed by atoms with Crippen LogP contribution in [0, 0.1) is 11.8 Å². The lowest BCUT2D eigenvalue weighted by atomic mass is 9.90. The van der Waals surface area contributed by atoms with Crippen LogP contribution in [0.1, 0.15) is 25.3 Å². The van der Waals surface area contributed by atoms with Gasteiger partial charge in [0.25, 0.3) is 0 Å². The predicted molar refractivity (Wildman–Crippen MR) is 57.2 cm³/mol. The molecule has 0 N–H and O–H groups in total. The Kier molecular flexibility index (Phi) is 2.60. The number of carbonyl (C=O) groups excluding carboxylic acids is 1. The molecule has 1 radical (unpaired) electrons. The first-order valence-electron chi connectivity index (χ1n) is 4.83. The van der Waals surface area contributed by atoms with Crippen molar-refractivity contribution in [2.45, 2.75) is 19.8 Å². The van der Waals surface area contributed by atoms with Crippen molar-refractivity contribution in [1.82, 2.24) is 0 Å². The Bertz CT molecular complexity index is 342. The highest BCUT2D eigenvalue weighted by atomic mass is 35.5. The van der Waals surface area contributed by atoms with Crippen molar-refractivity contribution >= 4 is 17.4 Å². The fourth-order valence-electron chi connectivity index (χ4n) is 1.94. The van der Waals surface area contributed by atoms with Crippen molar-refractivity contribution in [3.8, 4) is 0 Å². The molecule has 1 atom stereocenters. The molecule has 73 valence electrons. The number of ketones is 1. The molecule has 0 bridgehead atoms. The molecule has 0 spiro atoms. The van der Waals surface area contributed by atoms with Gasteiger partial charge in [0.15, 0.2) is 0 Å². The Balaban J connectivity index is 2.23. The average molecular weight is 208 g/mol. The van der Waals surface area contributed by atoms with Gasteiger partial charge in [0.05, 0.1) is 0 Å². The summed E-state index contributed by atoms with van der Waals surface area (Å²) in [7, 11) is 0. The molecule has 1 fully saturated rings. The number of Topliss-reactive ketones (excluding diaryl/α,β-unsaturated/α-hetero) is 1. The first-order valence-corrected chi connectivity index (χ1v) is 5.20. The molecule has 0 aromatic heterocycles. The Morgan fingerprint density at radius 3 is 2.36 bits per heavy atom. The maximum absolute atomic E-state index is 11.4. The van der Waals surface area contributed by atoms with Gasteiger partial charge in [0.1, 0.15) is 5.78 Å². The molecule has 2 heteroatoms. The minimum absolute atomic E-state index is 0.0937. The van der Waals surface area contributed by atoms with E-state index in [0.29, 0.717) is 12.2 Å².